The molecule has 1 amide bonds. The van der Waals surface area contributed by atoms with E-state index in [-0.39, 0.29) is 17.4 Å². The molecule has 152 valence electrons. The van der Waals surface area contributed by atoms with Crippen molar-refractivity contribution in [2.24, 2.45) is 5.92 Å². The lowest BCUT2D eigenvalue weighted by atomic mass is 10.1. The van der Waals surface area contributed by atoms with Crippen molar-refractivity contribution < 1.29 is 18.0 Å². The number of nitrogens with zero attached hydrogens (tertiary/aromatic N) is 2. The number of carbonyl (C=O) groups excluding carboxylic acids is 1. The SMILES string of the molecule is O=C(Cc1ccc(C2CC2)cc1)N[C@]12C[C@H]1CN(c1cncc(C(F)(F)F)c1)C2. The first-order valence-corrected chi connectivity index (χ1v) is 9.99. The highest BCUT2D eigenvalue weighted by atomic mass is 19.4. The van der Waals surface area contributed by atoms with Gasteiger partial charge < -0.3 is 10.2 Å². The summed E-state index contributed by atoms with van der Waals surface area (Å²) >= 11 is 0. The van der Waals surface area contributed by atoms with E-state index in [0.29, 0.717) is 31.1 Å². The Balaban J connectivity index is 1.21. The van der Waals surface area contributed by atoms with Gasteiger partial charge in [-0.3, -0.25) is 9.78 Å². The van der Waals surface area contributed by atoms with Gasteiger partial charge in [-0.25, -0.2) is 0 Å². The summed E-state index contributed by atoms with van der Waals surface area (Å²) in [5, 5.41) is 3.15. The van der Waals surface area contributed by atoms with E-state index in [1.165, 1.54) is 24.6 Å². The van der Waals surface area contributed by atoms with E-state index in [2.05, 4.69) is 22.4 Å². The molecule has 3 aliphatic rings. The average Bonchev–Trinajstić information content (AvgIpc) is 3.60. The summed E-state index contributed by atoms with van der Waals surface area (Å²) in [4.78, 5) is 18.2. The van der Waals surface area contributed by atoms with Gasteiger partial charge in [0.25, 0.3) is 0 Å². The molecule has 29 heavy (non-hydrogen) atoms. The Kier molecular flexibility index (Phi) is 4.12. The molecule has 0 radical (unpaired) electrons. The van der Waals surface area contributed by atoms with Crippen molar-refractivity contribution in [3.63, 3.8) is 0 Å². The number of halogens is 3. The van der Waals surface area contributed by atoms with Crippen molar-refractivity contribution in [2.45, 2.75) is 43.3 Å². The number of nitrogens with one attached hydrogen (secondary N) is 1. The van der Waals surface area contributed by atoms with E-state index < -0.39 is 11.7 Å². The molecule has 0 spiro atoms. The second-order valence-corrected chi connectivity index (χ2v) is 8.61. The topological polar surface area (TPSA) is 45.2 Å². The van der Waals surface area contributed by atoms with Crippen molar-refractivity contribution in [1.82, 2.24) is 10.3 Å². The quantitative estimate of drug-likeness (QED) is 0.826. The molecule has 2 saturated carbocycles. The number of piperidine rings is 1. The molecule has 1 N–H and O–H groups in total. The predicted molar refractivity (Wildman–Crippen MR) is 103 cm³/mol. The summed E-state index contributed by atoms with van der Waals surface area (Å²) in [5.74, 6) is 0.938. The molecular formula is C22H22F3N3O. The van der Waals surface area contributed by atoms with Crippen molar-refractivity contribution in [3.05, 3.63) is 59.4 Å². The van der Waals surface area contributed by atoms with Crippen LogP contribution >= 0.6 is 0 Å². The van der Waals surface area contributed by atoms with Crippen LogP contribution in [-0.2, 0) is 17.4 Å². The fourth-order valence-corrected chi connectivity index (χ4v) is 4.46. The Hall–Kier alpha value is -2.57. The van der Waals surface area contributed by atoms with Crippen LogP contribution in [0.25, 0.3) is 0 Å². The van der Waals surface area contributed by atoms with Crippen LogP contribution in [0.2, 0.25) is 0 Å². The highest BCUT2D eigenvalue weighted by Crippen LogP contribution is 2.50. The fraction of sp³-hybridized carbons (Fsp3) is 0.455. The third kappa shape index (κ3) is 3.70. The molecule has 2 atom stereocenters. The summed E-state index contributed by atoms with van der Waals surface area (Å²) in [6.07, 6.45) is 1.59. The number of fused-ring (bicyclic) bond motifs is 1. The van der Waals surface area contributed by atoms with E-state index in [0.717, 1.165) is 24.2 Å². The largest absolute Gasteiger partial charge is 0.417 e. The maximum absolute atomic E-state index is 13.0. The number of amides is 1. The number of carbonyl (C=O) groups is 1. The van der Waals surface area contributed by atoms with Gasteiger partial charge in [-0.1, -0.05) is 24.3 Å². The van der Waals surface area contributed by atoms with E-state index in [1.54, 1.807) is 0 Å². The summed E-state index contributed by atoms with van der Waals surface area (Å²) in [6.45, 7) is 1.16. The van der Waals surface area contributed by atoms with Crippen molar-refractivity contribution in [1.29, 1.82) is 0 Å². The molecule has 1 aromatic heterocycles. The highest BCUT2D eigenvalue weighted by molar-refractivity contribution is 5.80. The Bertz CT molecular complexity index is 939. The Morgan fingerprint density at radius 1 is 1.21 bits per heavy atom. The molecule has 1 saturated heterocycles. The fourth-order valence-electron chi connectivity index (χ4n) is 4.46. The van der Waals surface area contributed by atoms with Gasteiger partial charge in [-0.15, -0.1) is 0 Å². The number of alkyl halides is 3. The number of anilines is 1. The van der Waals surface area contributed by atoms with E-state index in [4.69, 9.17) is 0 Å². The average molecular weight is 401 g/mol. The highest BCUT2D eigenvalue weighted by Gasteiger charge is 2.61. The molecule has 3 fully saturated rings. The molecule has 2 aromatic rings. The second kappa shape index (κ2) is 6.47. The second-order valence-electron chi connectivity index (χ2n) is 8.61. The first-order chi connectivity index (χ1) is 13.8. The lowest BCUT2D eigenvalue weighted by molar-refractivity contribution is -0.137. The zero-order valence-electron chi connectivity index (χ0n) is 15.9. The standard InChI is InChI=1S/C22H22F3N3O/c23-22(24,25)17-8-19(11-26-10-17)28-12-18-9-21(18,13-28)27-20(29)7-14-1-3-15(4-2-14)16-5-6-16/h1-4,8,10-11,16,18H,5-7,9,12-13H2,(H,27,29)/t18-,21-/m0/s1. The summed E-state index contributed by atoms with van der Waals surface area (Å²) in [7, 11) is 0. The molecule has 5 rings (SSSR count). The van der Waals surface area contributed by atoms with E-state index in [1.807, 2.05) is 17.0 Å². The molecule has 4 nitrogen and oxygen atoms in total. The number of hydrogen-bond donors (Lipinski definition) is 1. The lowest BCUT2D eigenvalue weighted by Crippen LogP contribution is -2.43. The van der Waals surface area contributed by atoms with Crippen LogP contribution in [0.4, 0.5) is 18.9 Å². The smallest absolute Gasteiger partial charge is 0.368 e. The van der Waals surface area contributed by atoms with Gasteiger partial charge in [0, 0.05) is 25.2 Å². The summed E-state index contributed by atoms with van der Waals surface area (Å²) < 4.78 is 38.9. The Labute approximate surface area is 167 Å². The summed E-state index contributed by atoms with van der Waals surface area (Å²) in [6, 6.07) is 9.39. The third-order valence-electron chi connectivity index (χ3n) is 6.34. The van der Waals surface area contributed by atoms with Crippen molar-refractivity contribution >= 4 is 11.6 Å². The number of aromatic nitrogens is 1. The van der Waals surface area contributed by atoms with Crippen LogP contribution in [0.1, 0.15) is 41.9 Å². The maximum atomic E-state index is 13.0. The van der Waals surface area contributed by atoms with Gasteiger partial charge in [-0.2, -0.15) is 13.2 Å². The molecule has 2 aliphatic carbocycles. The van der Waals surface area contributed by atoms with Gasteiger partial charge in [0.1, 0.15) is 0 Å². The van der Waals surface area contributed by atoms with Crippen LogP contribution in [0.5, 0.6) is 0 Å². The molecular weight excluding hydrogens is 379 g/mol. The van der Waals surface area contributed by atoms with Crippen LogP contribution in [0.15, 0.2) is 42.7 Å². The zero-order chi connectivity index (χ0) is 20.2. The first kappa shape index (κ1) is 18.5. The maximum Gasteiger partial charge on any atom is 0.417 e. The van der Waals surface area contributed by atoms with Crippen LogP contribution in [0, 0.1) is 5.92 Å². The molecule has 0 bridgehead atoms. The van der Waals surface area contributed by atoms with Crippen molar-refractivity contribution in [3.8, 4) is 0 Å². The van der Waals surface area contributed by atoms with Gasteiger partial charge in [-0.05, 0) is 42.4 Å². The van der Waals surface area contributed by atoms with Crippen LogP contribution < -0.4 is 10.2 Å². The molecule has 2 heterocycles. The van der Waals surface area contributed by atoms with Crippen LogP contribution in [0.3, 0.4) is 0 Å². The van der Waals surface area contributed by atoms with E-state index >= 15 is 0 Å². The van der Waals surface area contributed by atoms with Crippen molar-refractivity contribution in [2.75, 3.05) is 18.0 Å². The molecule has 1 aromatic carbocycles. The van der Waals surface area contributed by atoms with Gasteiger partial charge in [0.2, 0.25) is 5.91 Å². The number of hydrogen-bond acceptors (Lipinski definition) is 3. The summed E-state index contributed by atoms with van der Waals surface area (Å²) in [5.41, 5.74) is 1.72. The monoisotopic (exact) mass is 401 g/mol. The Morgan fingerprint density at radius 3 is 2.66 bits per heavy atom. The number of pyridine rings is 1. The molecule has 0 unspecified atom stereocenters. The number of benzene rings is 1. The minimum absolute atomic E-state index is 0.0318. The first-order valence-electron chi connectivity index (χ1n) is 9.99. The minimum Gasteiger partial charge on any atom is -0.368 e. The van der Waals surface area contributed by atoms with Gasteiger partial charge in [0.05, 0.1) is 29.4 Å². The third-order valence-corrected chi connectivity index (χ3v) is 6.34. The normalized spacial score (nSPS) is 25.6. The Morgan fingerprint density at radius 2 is 1.97 bits per heavy atom. The zero-order valence-corrected chi connectivity index (χ0v) is 15.9. The van der Waals surface area contributed by atoms with Gasteiger partial charge >= 0.3 is 6.18 Å². The predicted octanol–water partition coefficient (Wildman–Crippen LogP) is 3.92. The minimum atomic E-state index is -4.41. The molecule has 1 aliphatic heterocycles. The van der Waals surface area contributed by atoms with E-state index in [9.17, 15) is 18.0 Å². The van der Waals surface area contributed by atoms with Crippen LogP contribution in [-0.4, -0.2) is 29.5 Å². The lowest BCUT2D eigenvalue weighted by Gasteiger charge is -2.24. The molecule has 7 heteroatoms. The van der Waals surface area contributed by atoms with Gasteiger partial charge in [0.15, 0.2) is 0 Å². The number of rotatable bonds is 5.